The number of amidine groups is 1. The zero-order chi connectivity index (χ0) is 17.7. The standard InChI is InChI=1S/C20H19N3O2S/c24-18(16-7-4-10-26-16)23-11-14-8-9-20(15(14)12-23)19(25)21-17(22-20)13-5-2-1-3-6-13/h1-7,10,14-15H,8-9,11-12H2,(H,21,22,25)/t14-,15+,20-/m1/s1. The van der Waals surface area contributed by atoms with E-state index in [0.29, 0.717) is 18.3 Å². The molecule has 1 N–H and O–H groups in total. The molecule has 5 rings (SSSR count). The lowest BCUT2D eigenvalue weighted by Gasteiger charge is -2.25. The largest absolute Gasteiger partial charge is 0.337 e. The second-order valence-corrected chi connectivity index (χ2v) is 8.25. The maximum atomic E-state index is 12.9. The highest BCUT2D eigenvalue weighted by atomic mass is 32.1. The first-order chi connectivity index (χ1) is 12.7. The van der Waals surface area contributed by atoms with E-state index in [1.807, 2.05) is 52.7 Å². The number of carbonyl (C=O) groups excluding carboxylic acids is 2. The Balaban J connectivity index is 1.43. The molecular weight excluding hydrogens is 346 g/mol. The molecule has 0 radical (unpaired) electrons. The highest BCUT2D eigenvalue weighted by Gasteiger charge is 2.59. The summed E-state index contributed by atoms with van der Waals surface area (Å²) in [5.41, 5.74) is 0.228. The van der Waals surface area contributed by atoms with E-state index in [9.17, 15) is 9.59 Å². The first kappa shape index (κ1) is 15.8. The van der Waals surface area contributed by atoms with E-state index < -0.39 is 5.54 Å². The van der Waals surface area contributed by atoms with Crippen LogP contribution in [-0.4, -0.2) is 41.2 Å². The molecular formula is C20H19N3O2S. The van der Waals surface area contributed by atoms with Crippen molar-refractivity contribution in [2.75, 3.05) is 13.1 Å². The molecule has 0 unspecified atom stereocenters. The normalized spacial score (nSPS) is 29.8. The van der Waals surface area contributed by atoms with Crippen molar-refractivity contribution in [3.63, 3.8) is 0 Å². The van der Waals surface area contributed by atoms with Gasteiger partial charge in [0.1, 0.15) is 11.4 Å². The highest BCUT2D eigenvalue weighted by molar-refractivity contribution is 7.12. The van der Waals surface area contributed by atoms with Crippen LogP contribution in [-0.2, 0) is 4.79 Å². The lowest BCUT2D eigenvalue weighted by molar-refractivity contribution is -0.124. The van der Waals surface area contributed by atoms with Crippen LogP contribution in [0.4, 0.5) is 0 Å². The van der Waals surface area contributed by atoms with Gasteiger partial charge in [0.05, 0.1) is 4.88 Å². The second-order valence-electron chi connectivity index (χ2n) is 7.30. The number of fused-ring (bicyclic) bond motifs is 2. The first-order valence-electron chi connectivity index (χ1n) is 8.97. The van der Waals surface area contributed by atoms with Gasteiger partial charge >= 0.3 is 0 Å². The molecule has 1 spiro atoms. The summed E-state index contributed by atoms with van der Waals surface area (Å²) in [5.74, 6) is 1.19. The zero-order valence-corrected chi connectivity index (χ0v) is 15.0. The van der Waals surface area contributed by atoms with Crippen LogP contribution in [0, 0.1) is 11.8 Å². The van der Waals surface area contributed by atoms with Crippen molar-refractivity contribution >= 4 is 29.0 Å². The zero-order valence-electron chi connectivity index (χ0n) is 14.2. The summed E-state index contributed by atoms with van der Waals surface area (Å²) in [5, 5.41) is 4.92. The number of likely N-dealkylation sites (tertiary alicyclic amines) is 1. The average Bonchev–Trinajstić information content (AvgIpc) is 3.42. The van der Waals surface area contributed by atoms with Crippen molar-refractivity contribution in [1.29, 1.82) is 0 Å². The fraction of sp³-hybridized carbons (Fsp3) is 0.350. The quantitative estimate of drug-likeness (QED) is 0.889. The molecule has 6 heteroatoms. The number of nitrogens with one attached hydrogen (secondary N) is 1. The molecule has 1 aromatic carbocycles. The average molecular weight is 365 g/mol. The highest BCUT2D eigenvalue weighted by Crippen LogP contribution is 2.49. The summed E-state index contributed by atoms with van der Waals surface area (Å²) < 4.78 is 0. The van der Waals surface area contributed by atoms with Gasteiger partial charge in [-0.15, -0.1) is 11.3 Å². The summed E-state index contributed by atoms with van der Waals surface area (Å²) in [7, 11) is 0. The molecule has 1 aromatic heterocycles. The molecule has 132 valence electrons. The lowest BCUT2D eigenvalue weighted by atomic mass is 9.85. The van der Waals surface area contributed by atoms with Gasteiger partial charge in [0.25, 0.3) is 11.8 Å². The molecule has 2 aliphatic heterocycles. The topological polar surface area (TPSA) is 61.8 Å². The third kappa shape index (κ3) is 2.25. The van der Waals surface area contributed by atoms with Gasteiger partial charge in [0.15, 0.2) is 0 Å². The van der Waals surface area contributed by atoms with Gasteiger partial charge in [0.2, 0.25) is 0 Å². The third-order valence-electron chi connectivity index (χ3n) is 5.95. The predicted molar refractivity (Wildman–Crippen MR) is 100 cm³/mol. The van der Waals surface area contributed by atoms with Crippen molar-refractivity contribution in [2.45, 2.75) is 18.4 Å². The van der Waals surface area contributed by atoms with E-state index in [1.165, 1.54) is 11.3 Å². The minimum atomic E-state index is -0.708. The van der Waals surface area contributed by atoms with Crippen LogP contribution < -0.4 is 5.32 Å². The molecule has 2 fully saturated rings. The molecule has 3 atom stereocenters. The SMILES string of the molecule is O=C(c1cccs1)N1C[C@H]2CC[C@@]3(N=C(c4ccccc4)NC3=O)[C@H]2C1. The Kier molecular flexibility index (Phi) is 3.50. The van der Waals surface area contributed by atoms with E-state index in [4.69, 9.17) is 4.99 Å². The van der Waals surface area contributed by atoms with Crippen molar-refractivity contribution < 1.29 is 9.59 Å². The number of thiophene rings is 1. The molecule has 2 amide bonds. The Hall–Kier alpha value is -2.47. The Labute approximate surface area is 155 Å². The predicted octanol–water partition coefficient (Wildman–Crippen LogP) is 2.55. The minimum absolute atomic E-state index is 0.00530. The van der Waals surface area contributed by atoms with Gasteiger partial charge in [-0.1, -0.05) is 36.4 Å². The fourth-order valence-corrected chi connectivity index (χ4v) is 5.36. The van der Waals surface area contributed by atoms with Gasteiger partial charge in [-0.05, 0) is 30.2 Å². The van der Waals surface area contributed by atoms with Crippen LogP contribution in [0.25, 0.3) is 0 Å². The van der Waals surface area contributed by atoms with E-state index in [2.05, 4.69) is 5.32 Å². The third-order valence-corrected chi connectivity index (χ3v) is 6.81. The molecule has 1 saturated heterocycles. The number of rotatable bonds is 2. The Morgan fingerprint density at radius 3 is 2.81 bits per heavy atom. The Morgan fingerprint density at radius 2 is 2.04 bits per heavy atom. The lowest BCUT2D eigenvalue weighted by Crippen LogP contribution is -2.45. The monoisotopic (exact) mass is 365 g/mol. The van der Waals surface area contributed by atoms with Gasteiger partial charge < -0.3 is 10.2 Å². The fourth-order valence-electron chi connectivity index (χ4n) is 4.66. The van der Waals surface area contributed by atoms with E-state index in [1.54, 1.807) is 0 Å². The minimum Gasteiger partial charge on any atom is -0.337 e. The first-order valence-corrected chi connectivity index (χ1v) is 9.85. The maximum Gasteiger partial charge on any atom is 0.263 e. The Morgan fingerprint density at radius 1 is 1.19 bits per heavy atom. The van der Waals surface area contributed by atoms with Crippen LogP contribution in [0.2, 0.25) is 0 Å². The number of benzene rings is 1. The van der Waals surface area contributed by atoms with E-state index >= 15 is 0 Å². The summed E-state index contributed by atoms with van der Waals surface area (Å²) in [6, 6.07) is 13.5. The Bertz CT molecular complexity index is 893. The number of amides is 2. The van der Waals surface area contributed by atoms with E-state index in [0.717, 1.165) is 29.8 Å². The molecule has 1 aliphatic carbocycles. The molecule has 26 heavy (non-hydrogen) atoms. The van der Waals surface area contributed by atoms with Crippen LogP contribution >= 0.6 is 11.3 Å². The van der Waals surface area contributed by atoms with Gasteiger partial charge in [-0.3, -0.25) is 14.6 Å². The smallest absolute Gasteiger partial charge is 0.263 e. The summed E-state index contributed by atoms with van der Waals surface area (Å²) in [6.07, 6.45) is 1.71. The van der Waals surface area contributed by atoms with Gasteiger partial charge in [-0.25, -0.2) is 0 Å². The molecule has 0 bridgehead atoms. The van der Waals surface area contributed by atoms with Crippen LogP contribution in [0.5, 0.6) is 0 Å². The van der Waals surface area contributed by atoms with Crippen molar-refractivity contribution in [3.8, 4) is 0 Å². The number of hydrogen-bond acceptors (Lipinski definition) is 4. The van der Waals surface area contributed by atoms with Gasteiger partial charge in [0, 0.05) is 24.6 Å². The van der Waals surface area contributed by atoms with Gasteiger partial charge in [-0.2, -0.15) is 0 Å². The van der Waals surface area contributed by atoms with Crippen LogP contribution in [0.15, 0.2) is 52.8 Å². The summed E-state index contributed by atoms with van der Waals surface area (Å²) in [6.45, 7) is 1.34. The summed E-state index contributed by atoms with van der Waals surface area (Å²) in [4.78, 5) is 33.2. The number of carbonyl (C=O) groups is 2. The second kappa shape index (κ2) is 5.77. The molecule has 5 nitrogen and oxygen atoms in total. The van der Waals surface area contributed by atoms with Crippen LogP contribution in [0.3, 0.4) is 0 Å². The summed E-state index contributed by atoms with van der Waals surface area (Å²) >= 11 is 1.47. The molecule has 3 heterocycles. The molecule has 1 saturated carbocycles. The number of hydrogen-bond donors (Lipinski definition) is 1. The van der Waals surface area contributed by atoms with Crippen molar-refractivity contribution in [3.05, 3.63) is 58.3 Å². The van der Waals surface area contributed by atoms with Crippen molar-refractivity contribution in [1.82, 2.24) is 10.2 Å². The number of aliphatic imine (C=N–C) groups is 1. The van der Waals surface area contributed by atoms with Crippen molar-refractivity contribution in [2.24, 2.45) is 16.8 Å². The molecule has 2 aromatic rings. The van der Waals surface area contributed by atoms with E-state index in [-0.39, 0.29) is 17.7 Å². The van der Waals surface area contributed by atoms with Crippen LogP contribution in [0.1, 0.15) is 28.1 Å². The number of nitrogens with zero attached hydrogens (tertiary/aromatic N) is 2. The molecule has 3 aliphatic rings. The maximum absolute atomic E-state index is 12.9.